The molecule has 2 N–H and O–H groups in total. The van der Waals surface area contributed by atoms with Crippen LogP contribution in [0, 0.1) is 10.1 Å². The molecule has 0 aliphatic rings. The topological polar surface area (TPSA) is 84.3 Å². The molecule has 2 rings (SSSR count). The normalized spacial score (nSPS) is 9.86. The summed E-state index contributed by atoms with van der Waals surface area (Å²) in [7, 11) is 0. The zero-order valence-corrected chi connectivity index (χ0v) is 13.5. The van der Waals surface area contributed by atoms with Crippen LogP contribution < -0.4 is 10.6 Å². The summed E-state index contributed by atoms with van der Waals surface area (Å²) in [5.74, 6) is -0.399. The van der Waals surface area contributed by atoms with Crippen molar-refractivity contribution in [2.45, 2.75) is 0 Å². The van der Waals surface area contributed by atoms with E-state index in [0.717, 1.165) is 4.47 Å². The highest BCUT2D eigenvalue weighted by molar-refractivity contribution is 9.10. The van der Waals surface area contributed by atoms with Gasteiger partial charge in [-0.05, 0) is 42.5 Å². The van der Waals surface area contributed by atoms with E-state index in [2.05, 4.69) is 26.6 Å². The zero-order valence-electron chi connectivity index (χ0n) is 11.1. The minimum atomic E-state index is -0.526. The van der Waals surface area contributed by atoms with Crippen LogP contribution in [0.25, 0.3) is 0 Å². The fraction of sp³-hybridized carbons (Fsp3) is 0. The van der Waals surface area contributed by atoms with E-state index in [-0.39, 0.29) is 16.5 Å². The highest BCUT2D eigenvalue weighted by Gasteiger charge is 2.14. The maximum absolute atomic E-state index is 12.0. The fourth-order valence-electron chi connectivity index (χ4n) is 1.67. The number of para-hydroxylation sites is 2. The lowest BCUT2D eigenvalue weighted by Crippen LogP contribution is -2.34. The molecule has 112 valence electrons. The van der Waals surface area contributed by atoms with Crippen molar-refractivity contribution in [1.82, 2.24) is 5.32 Å². The van der Waals surface area contributed by atoms with Crippen molar-refractivity contribution in [1.29, 1.82) is 0 Å². The molecule has 6 nitrogen and oxygen atoms in total. The van der Waals surface area contributed by atoms with Crippen LogP contribution >= 0.6 is 28.1 Å². The van der Waals surface area contributed by atoms with Gasteiger partial charge in [-0.15, -0.1) is 0 Å². The number of rotatable bonds is 3. The first kappa shape index (κ1) is 16.1. The Bertz CT molecular complexity index is 734. The molecule has 0 bridgehead atoms. The number of nitrogens with one attached hydrogen (secondary N) is 2. The number of benzene rings is 2. The molecule has 0 radical (unpaired) electrons. The van der Waals surface area contributed by atoms with Gasteiger partial charge in [0.1, 0.15) is 5.69 Å². The van der Waals surface area contributed by atoms with E-state index < -0.39 is 10.8 Å². The van der Waals surface area contributed by atoms with Gasteiger partial charge in [-0.3, -0.25) is 20.2 Å². The maximum atomic E-state index is 12.0. The van der Waals surface area contributed by atoms with E-state index >= 15 is 0 Å². The number of thiocarbonyl (C=S) groups is 1. The van der Waals surface area contributed by atoms with Crippen molar-refractivity contribution < 1.29 is 9.72 Å². The second-order valence-electron chi connectivity index (χ2n) is 4.19. The van der Waals surface area contributed by atoms with Crippen LogP contribution in [0.15, 0.2) is 53.0 Å². The molecule has 0 atom stereocenters. The Kier molecular flexibility index (Phi) is 5.18. The van der Waals surface area contributed by atoms with Crippen molar-refractivity contribution in [2.24, 2.45) is 0 Å². The average Bonchev–Trinajstić information content (AvgIpc) is 2.48. The van der Waals surface area contributed by atoms with E-state index in [1.807, 2.05) is 0 Å². The molecule has 0 spiro atoms. The Balaban J connectivity index is 2.06. The molecule has 8 heteroatoms. The lowest BCUT2D eigenvalue weighted by molar-refractivity contribution is -0.383. The first-order chi connectivity index (χ1) is 10.5. The van der Waals surface area contributed by atoms with Crippen LogP contribution in [0.4, 0.5) is 11.4 Å². The fourth-order valence-corrected chi connectivity index (χ4v) is 2.14. The van der Waals surface area contributed by atoms with Crippen molar-refractivity contribution >= 4 is 50.5 Å². The molecule has 0 saturated carbocycles. The highest BCUT2D eigenvalue weighted by atomic mass is 79.9. The first-order valence-electron chi connectivity index (χ1n) is 6.08. The number of nitro benzene ring substituents is 1. The summed E-state index contributed by atoms with van der Waals surface area (Å²) in [6.07, 6.45) is 0. The summed E-state index contributed by atoms with van der Waals surface area (Å²) >= 11 is 8.29. The third kappa shape index (κ3) is 4.09. The number of carbonyl (C=O) groups is 1. The van der Waals surface area contributed by atoms with E-state index in [4.69, 9.17) is 12.2 Å². The largest absolute Gasteiger partial charge is 0.327 e. The Morgan fingerprint density at radius 2 is 1.77 bits per heavy atom. The molecular formula is C14H10BrN3O3S. The van der Waals surface area contributed by atoms with Gasteiger partial charge < -0.3 is 5.32 Å². The molecule has 0 heterocycles. The van der Waals surface area contributed by atoms with Gasteiger partial charge in [0, 0.05) is 16.1 Å². The predicted octanol–water partition coefficient (Wildman–Crippen LogP) is 3.48. The predicted molar refractivity (Wildman–Crippen MR) is 90.9 cm³/mol. The van der Waals surface area contributed by atoms with Crippen LogP contribution in [0.2, 0.25) is 0 Å². The number of amides is 1. The molecule has 22 heavy (non-hydrogen) atoms. The highest BCUT2D eigenvalue weighted by Crippen LogP contribution is 2.22. The van der Waals surface area contributed by atoms with Gasteiger partial charge in [0.25, 0.3) is 11.6 Å². The number of hydrogen-bond acceptors (Lipinski definition) is 4. The van der Waals surface area contributed by atoms with Gasteiger partial charge in [-0.1, -0.05) is 28.1 Å². The second kappa shape index (κ2) is 7.10. The Hall–Kier alpha value is -2.32. The average molecular weight is 380 g/mol. The summed E-state index contributed by atoms with van der Waals surface area (Å²) in [5, 5.41) is 16.0. The summed E-state index contributed by atoms with van der Waals surface area (Å²) in [5.41, 5.74) is 0.520. The first-order valence-corrected chi connectivity index (χ1v) is 7.29. The lowest BCUT2D eigenvalue weighted by atomic mass is 10.2. The number of hydrogen-bond donors (Lipinski definition) is 2. The molecule has 2 aromatic rings. The zero-order chi connectivity index (χ0) is 16.1. The van der Waals surface area contributed by atoms with Crippen molar-refractivity contribution in [2.75, 3.05) is 5.32 Å². The maximum Gasteiger partial charge on any atom is 0.292 e. The quantitative estimate of drug-likeness (QED) is 0.484. The van der Waals surface area contributed by atoms with Gasteiger partial charge in [-0.2, -0.15) is 0 Å². The third-order valence-electron chi connectivity index (χ3n) is 2.68. The van der Waals surface area contributed by atoms with Gasteiger partial charge in [0.15, 0.2) is 5.11 Å². The van der Waals surface area contributed by atoms with E-state index in [9.17, 15) is 14.9 Å². The van der Waals surface area contributed by atoms with E-state index in [1.54, 1.807) is 36.4 Å². The van der Waals surface area contributed by atoms with Crippen LogP contribution in [0.3, 0.4) is 0 Å². The van der Waals surface area contributed by atoms with Crippen molar-refractivity contribution in [3.05, 3.63) is 68.7 Å². The minimum absolute atomic E-state index is 0.0118. The smallest absolute Gasteiger partial charge is 0.292 e. The molecule has 0 unspecified atom stereocenters. The molecule has 0 aromatic heterocycles. The van der Waals surface area contributed by atoms with Gasteiger partial charge in [0.2, 0.25) is 0 Å². The Morgan fingerprint density at radius 3 is 2.41 bits per heavy atom. The molecule has 0 fully saturated rings. The van der Waals surface area contributed by atoms with Crippen LogP contribution in [0.1, 0.15) is 10.4 Å². The molecule has 0 aliphatic heterocycles. The number of anilines is 1. The van der Waals surface area contributed by atoms with Gasteiger partial charge in [0.05, 0.1) is 4.92 Å². The number of carbonyl (C=O) groups excluding carboxylic acids is 1. The van der Waals surface area contributed by atoms with E-state index in [1.165, 1.54) is 12.1 Å². The van der Waals surface area contributed by atoms with Crippen LogP contribution in [-0.4, -0.2) is 15.9 Å². The summed E-state index contributed by atoms with van der Waals surface area (Å²) in [6.45, 7) is 0. The minimum Gasteiger partial charge on any atom is -0.327 e. The summed E-state index contributed by atoms with van der Waals surface area (Å²) in [6, 6.07) is 12.8. The standard InChI is InChI=1S/C14H10BrN3O3S/c15-10-7-5-9(6-8-10)13(19)17-14(22)16-11-3-1-2-4-12(11)18(20)21/h1-8H,(H2,16,17,19,22). The Morgan fingerprint density at radius 1 is 1.14 bits per heavy atom. The van der Waals surface area contributed by atoms with Gasteiger partial charge >= 0.3 is 0 Å². The number of nitro groups is 1. The van der Waals surface area contributed by atoms with Gasteiger partial charge in [-0.25, -0.2) is 0 Å². The van der Waals surface area contributed by atoms with Crippen molar-refractivity contribution in [3.63, 3.8) is 0 Å². The summed E-state index contributed by atoms with van der Waals surface area (Å²) in [4.78, 5) is 22.4. The molecular weight excluding hydrogens is 370 g/mol. The SMILES string of the molecule is O=C(NC(=S)Nc1ccccc1[N+](=O)[O-])c1ccc(Br)cc1. The number of halogens is 1. The molecule has 1 amide bonds. The monoisotopic (exact) mass is 379 g/mol. The molecule has 0 saturated heterocycles. The van der Waals surface area contributed by atoms with Crippen LogP contribution in [-0.2, 0) is 0 Å². The van der Waals surface area contributed by atoms with E-state index in [0.29, 0.717) is 5.56 Å². The molecule has 0 aliphatic carbocycles. The second-order valence-corrected chi connectivity index (χ2v) is 5.51. The summed E-state index contributed by atoms with van der Waals surface area (Å²) < 4.78 is 0.852. The van der Waals surface area contributed by atoms with Crippen LogP contribution in [0.5, 0.6) is 0 Å². The molecule has 2 aromatic carbocycles. The third-order valence-corrected chi connectivity index (χ3v) is 3.42. The Labute approximate surface area is 139 Å². The lowest BCUT2D eigenvalue weighted by Gasteiger charge is -2.09. The number of nitrogens with zero attached hydrogens (tertiary/aromatic N) is 1. The van der Waals surface area contributed by atoms with Crippen molar-refractivity contribution in [3.8, 4) is 0 Å².